The third kappa shape index (κ3) is 7.15. The zero-order valence-corrected chi connectivity index (χ0v) is 15.5. The smallest absolute Gasteiger partial charge is 0.314 e. The fraction of sp³-hybridized carbons (Fsp3) is 0.571. The van der Waals surface area contributed by atoms with Gasteiger partial charge in [0.1, 0.15) is 0 Å². The second kappa shape index (κ2) is 10.4. The standard InChI is InChI=1S/C14H17ClF3N3O2.2ClH/c15-10-1-2-13(21(22)23)11(9-10)12(3-4-14(16,17)18)20-7-5-19-6-8-20;;/h1-2,9,12,19H,3-8H2;2*1H/t12-;;/m1../s1. The van der Waals surface area contributed by atoms with E-state index in [1.807, 2.05) is 4.90 Å². The van der Waals surface area contributed by atoms with Gasteiger partial charge in [-0.3, -0.25) is 15.0 Å². The van der Waals surface area contributed by atoms with Crippen LogP contribution in [0.1, 0.15) is 24.4 Å². The first-order chi connectivity index (χ1) is 10.8. The zero-order valence-electron chi connectivity index (χ0n) is 13.1. The summed E-state index contributed by atoms with van der Waals surface area (Å²) in [6.07, 6.45) is -5.53. The van der Waals surface area contributed by atoms with Crippen LogP contribution in [0.4, 0.5) is 18.9 Å². The molecule has 0 amide bonds. The van der Waals surface area contributed by atoms with Crippen molar-refractivity contribution in [3.05, 3.63) is 38.9 Å². The lowest BCUT2D eigenvalue weighted by Gasteiger charge is -2.35. The summed E-state index contributed by atoms with van der Waals surface area (Å²) in [4.78, 5) is 12.5. The summed E-state index contributed by atoms with van der Waals surface area (Å²) in [7, 11) is 0. The molecule has 1 aromatic rings. The molecular weight excluding hydrogens is 406 g/mol. The summed E-state index contributed by atoms with van der Waals surface area (Å²) in [6.45, 7) is 2.34. The van der Waals surface area contributed by atoms with Crippen LogP contribution in [0.2, 0.25) is 5.02 Å². The van der Waals surface area contributed by atoms with E-state index in [1.165, 1.54) is 18.2 Å². The third-order valence-electron chi connectivity index (χ3n) is 3.84. The van der Waals surface area contributed by atoms with Gasteiger partial charge in [-0.15, -0.1) is 24.8 Å². The number of rotatable bonds is 5. The number of halogens is 6. The van der Waals surface area contributed by atoms with Crippen molar-refractivity contribution in [1.82, 2.24) is 10.2 Å². The molecule has 0 aliphatic carbocycles. The van der Waals surface area contributed by atoms with Crippen LogP contribution in [0.25, 0.3) is 0 Å². The van der Waals surface area contributed by atoms with E-state index < -0.39 is 23.6 Å². The Hall–Kier alpha value is -0.800. The molecule has 1 saturated heterocycles. The predicted molar refractivity (Wildman–Crippen MR) is 95.1 cm³/mol. The number of nitrogens with zero attached hydrogens (tertiary/aromatic N) is 2. The molecule has 0 saturated carbocycles. The monoisotopic (exact) mass is 423 g/mol. The zero-order chi connectivity index (χ0) is 17.0. The molecule has 1 aromatic carbocycles. The maximum atomic E-state index is 12.6. The highest BCUT2D eigenvalue weighted by atomic mass is 35.5. The minimum atomic E-state index is -4.31. The van der Waals surface area contributed by atoms with Crippen molar-refractivity contribution in [2.24, 2.45) is 0 Å². The molecule has 1 fully saturated rings. The summed E-state index contributed by atoms with van der Waals surface area (Å²) < 4.78 is 37.9. The highest BCUT2D eigenvalue weighted by Crippen LogP contribution is 2.37. The first kappa shape index (κ1) is 24.2. The van der Waals surface area contributed by atoms with Gasteiger partial charge in [0.25, 0.3) is 5.69 Å². The Morgan fingerprint density at radius 3 is 2.40 bits per heavy atom. The van der Waals surface area contributed by atoms with Gasteiger partial charge in [-0.1, -0.05) is 11.6 Å². The molecule has 11 heteroatoms. The van der Waals surface area contributed by atoms with E-state index >= 15 is 0 Å². The fourth-order valence-corrected chi connectivity index (χ4v) is 2.97. The van der Waals surface area contributed by atoms with E-state index in [4.69, 9.17) is 11.6 Å². The fourth-order valence-electron chi connectivity index (χ4n) is 2.79. The van der Waals surface area contributed by atoms with Crippen LogP contribution in [-0.4, -0.2) is 42.2 Å². The number of alkyl halides is 3. The number of nitro groups is 1. The van der Waals surface area contributed by atoms with Crippen molar-refractivity contribution in [2.45, 2.75) is 25.1 Å². The van der Waals surface area contributed by atoms with Crippen LogP contribution in [0, 0.1) is 10.1 Å². The number of benzene rings is 1. The molecule has 0 spiro atoms. The van der Waals surface area contributed by atoms with E-state index in [0.29, 0.717) is 26.2 Å². The second-order valence-corrected chi connectivity index (χ2v) is 5.85. The van der Waals surface area contributed by atoms with Gasteiger partial charge in [-0.2, -0.15) is 13.2 Å². The van der Waals surface area contributed by atoms with Gasteiger partial charge in [0.2, 0.25) is 0 Å². The first-order valence-electron chi connectivity index (χ1n) is 7.23. The summed E-state index contributed by atoms with van der Waals surface area (Å²) in [5, 5.41) is 14.6. The maximum absolute atomic E-state index is 12.6. The number of hydrogen-bond acceptors (Lipinski definition) is 4. The Morgan fingerprint density at radius 1 is 1.28 bits per heavy atom. The van der Waals surface area contributed by atoms with Crippen molar-refractivity contribution in [1.29, 1.82) is 0 Å². The highest BCUT2D eigenvalue weighted by molar-refractivity contribution is 6.30. The molecule has 25 heavy (non-hydrogen) atoms. The number of hydrogen-bond donors (Lipinski definition) is 1. The van der Waals surface area contributed by atoms with E-state index in [1.54, 1.807) is 0 Å². The number of nitrogens with one attached hydrogen (secondary N) is 1. The molecular formula is C14H19Cl3F3N3O2. The second-order valence-electron chi connectivity index (χ2n) is 5.42. The van der Waals surface area contributed by atoms with Gasteiger partial charge >= 0.3 is 6.18 Å². The molecule has 0 aromatic heterocycles. The van der Waals surface area contributed by atoms with Crippen LogP contribution in [-0.2, 0) is 0 Å². The van der Waals surface area contributed by atoms with Crippen LogP contribution >= 0.6 is 36.4 Å². The SMILES string of the molecule is Cl.Cl.O=[N+]([O-])c1ccc(Cl)cc1[C@@H](CCC(F)(F)F)N1CCNCC1. The Kier molecular flexibility index (Phi) is 10.0. The summed E-state index contributed by atoms with van der Waals surface area (Å²) in [5.41, 5.74) is 0.0498. The molecule has 144 valence electrons. The molecule has 1 atom stereocenters. The van der Waals surface area contributed by atoms with Gasteiger partial charge in [0, 0.05) is 55.3 Å². The number of nitro benzene ring substituents is 1. The Morgan fingerprint density at radius 2 is 1.88 bits per heavy atom. The summed E-state index contributed by atoms with van der Waals surface area (Å²) >= 11 is 5.92. The van der Waals surface area contributed by atoms with Crippen molar-refractivity contribution in [3.8, 4) is 0 Å². The van der Waals surface area contributed by atoms with Crippen molar-refractivity contribution >= 4 is 42.1 Å². The molecule has 5 nitrogen and oxygen atoms in total. The molecule has 2 rings (SSSR count). The summed E-state index contributed by atoms with van der Waals surface area (Å²) in [5.74, 6) is 0. The Bertz CT molecular complexity index is 570. The quantitative estimate of drug-likeness (QED) is 0.563. The van der Waals surface area contributed by atoms with Crippen LogP contribution in [0.15, 0.2) is 18.2 Å². The average molecular weight is 425 g/mol. The Balaban J connectivity index is 0.00000288. The minimum Gasteiger partial charge on any atom is -0.314 e. The first-order valence-corrected chi connectivity index (χ1v) is 7.61. The van der Waals surface area contributed by atoms with Gasteiger partial charge < -0.3 is 5.32 Å². The lowest BCUT2D eigenvalue weighted by atomic mass is 9.97. The average Bonchev–Trinajstić information content (AvgIpc) is 2.47. The van der Waals surface area contributed by atoms with E-state index in [-0.39, 0.29) is 47.5 Å². The van der Waals surface area contributed by atoms with Crippen molar-refractivity contribution in [2.75, 3.05) is 26.2 Å². The van der Waals surface area contributed by atoms with Crippen LogP contribution in [0.3, 0.4) is 0 Å². The topological polar surface area (TPSA) is 58.4 Å². The lowest BCUT2D eigenvalue weighted by Crippen LogP contribution is -2.45. The van der Waals surface area contributed by atoms with E-state index in [0.717, 1.165) is 0 Å². The molecule has 1 N–H and O–H groups in total. The lowest BCUT2D eigenvalue weighted by molar-refractivity contribution is -0.386. The largest absolute Gasteiger partial charge is 0.389 e. The van der Waals surface area contributed by atoms with Crippen molar-refractivity contribution in [3.63, 3.8) is 0 Å². The normalized spacial score (nSPS) is 16.5. The highest BCUT2D eigenvalue weighted by Gasteiger charge is 2.34. The molecule has 0 radical (unpaired) electrons. The molecule has 1 heterocycles. The van der Waals surface area contributed by atoms with Crippen LogP contribution < -0.4 is 5.32 Å². The minimum absolute atomic E-state index is 0. The Labute approximate surface area is 160 Å². The molecule has 0 unspecified atom stereocenters. The van der Waals surface area contributed by atoms with Gasteiger partial charge in [0.05, 0.1) is 4.92 Å². The van der Waals surface area contributed by atoms with Crippen molar-refractivity contribution < 1.29 is 18.1 Å². The van der Waals surface area contributed by atoms with Crippen LogP contribution in [0.5, 0.6) is 0 Å². The van der Waals surface area contributed by atoms with E-state index in [2.05, 4.69) is 5.32 Å². The molecule has 0 bridgehead atoms. The van der Waals surface area contributed by atoms with Gasteiger partial charge in [0.15, 0.2) is 0 Å². The summed E-state index contributed by atoms with van der Waals surface area (Å²) in [6, 6.07) is 3.35. The third-order valence-corrected chi connectivity index (χ3v) is 4.07. The number of piperazine rings is 1. The predicted octanol–water partition coefficient (Wildman–Crippen LogP) is 4.38. The van der Waals surface area contributed by atoms with E-state index in [9.17, 15) is 23.3 Å². The van der Waals surface area contributed by atoms with Gasteiger partial charge in [-0.25, -0.2) is 0 Å². The maximum Gasteiger partial charge on any atom is 0.389 e. The van der Waals surface area contributed by atoms with Gasteiger partial charge in [-0.05, 0) is 18.6 Å². The molecule has 1 aliphatic heterocycles. The molecule has 1 aliphatic rings.